The van der Waals surface area contributed by atoms with E-state index in [1.165, 1.54) is 33.0 Å². The van der Waals surface area contributed by atoms with Gasteiger partial charge < -0.3 is 10.0 Å². The second-order valence-electron chi connectivity index (χ2n) is 3.72. The molecule has 1 aromatic rings. The van der Waals surface area contributed by atoms with Crippen LogP contribution in [0.1, 0.15) is 6.92 Å². The summed E-state index contributed by atoms with van der Waals surface area (Å²) in [6, 6.07) is -0.910. The van der Waals surface area contributed by atoms with Crippen LogP contribution in [0.25, 0.3) is 0 Å². The summed E-state index contributed by atoms with van der Waals surface area (Å²) < 4.78 is 1.87. The van der Waals surface area contributed by atoms with Crippen molar-refractivity contribution in [2.24, 2.45) is 14.1 Å². The number of anilines is 1. The SMILES string of the molecule is CC(C(=O)O)N(C)c1nn(C)c(=O)n(C)c1=O. The molecule has 17 heavy (non-hydrogen) atoms. The van der Waals surface area contributed by atoms with E-state index in [1.807, 2.05) is 0 Å². The molecule has 0 saturated carbocycles. The predicted octanol–water partition coefficient (Wildman–Crippen LogP) is -1.61. The number of hydrogen-bond acceptors (Lipinski definition) is 5. The van der Waals surface area contributed by atoms with E-state index in [0.717, 1.165) is 9.25 Å². The lowest BCUT2D eigenvalue weighted by Crippen LogP contribution is -2.46. The van der Waals surface area contributed by atoms with Crippen LogP contribution in [0, 0.1) is 0 Å². The molecule has 0 spiro atoms. The highest BCUT2D eigenvalue weighted by atomic mass is 16.4. The molecular formula is C9H14N4O4. The Morgan fingerprint density at radius 1 is 1.41 bits per heavy atom. The fourth-order valence-electron chi connectivity index (χ4n) is 1.25. The first-order valence-corrected chi connectivity index (χ1v) is 4.87. The van der Waals surface area contributed by atoms with E-state index in [0.29, 0.717) is 0 Å². The van der Waals surface area contributed by atoms with Crippen LogP contribution in [-0.2, 0) is 18.9 Å². The lowest BCUT2D eigenvalue weighted by molar-refractivity contribution is -0.138. The molecule has 0 aliphatic rings. The molecule has 0 amide bonds. The van der Waals surface area contributed by atoms with Crippen LogP contribution in [0.15, 0.2) is 9.59 Å². The molecule has 0 aromatic carbocycles. The Morgan fingerprint density at radius 3 is 2.41 bits per heavy atom. The Hall–Kier alpha value is -2.12. The number of likely N-dealkylation sites (N-methyl/N-ethyl adjacent to an activating group) is 1. The van der Waals surface area contributed by atoms with Crippen LogP contribution in [0.2, 0.25) is 0 Å². The van der Waals surface area contributed by atoms with Crippen molar-refractivity contribution in [2.75, 3.05) is 11.9 Å². The number of aryl methyl sites for hydroxylation is 1. The van der Waals surface area contributed by atoms with Crippen molar-refractivity contribution in [3.63, 3.8) is 0 Å². The first kappa shape index (κ1) is 12.9. The molecular weight excluding hydrogens is 228 g/mol. The van der Waals surface area contributed by atoms with E-state index in [1.54, 1.807) is 0 Å². The van der Waals surface area contributed by atoms with E-state index < -0.39 is 23.3 Å². The van der Waals surface area contributed by atoms with Gasteiger partial charge in [-0.25, -0.2) is 14.3 Å². The van der Waals surface area contributed by atoms with E-state index in [9.17, 15) is 14.4 Å². The molecule has 0 fully saturated rings. The highest BCUT2D eigenvalue weighted by Crippen LogP contribution is 2.04. The number of carboxylic acid groups (broad SMARTS) is 1. The molecule has 0 saturated heterocycles. The molecule has 0 radical (unpaired) electrons. The van der Waals surface area contributed by atoms with Crippen molar-refractivity contribution >= 4 is 11.8 Å². The van der Waals surface area contributed by atoms with Gasteiger partial charge in [-0.3, -0.25) is 9.36 Å². The molecule has 1 heterocycles. The number of carbonyl (C=O) groups is 1. The summed E-state index contributed by atoms with van der Waals surface area (Å²) in [6.07, 6.45) is 0. The minimum atomic E-state index is -1.08. The van der Waals surface area contributed by atoms with E-state index >= 15 is 0 Å². The van der Waals surface area contributed by atoms with Crippen LogP contribution in [-0.4, -0.2) is 38.5 Å². The Kier molecular flexibility index (Phi) is 3.35. The van der Waals surface area contributed by atoms with Crippen molar-refractivity contribution in [2.45, 2.75) is 13.0 Å². The topological polar surface area (TPSA) is 97.4 Å². The van der Waals surface area contributed by atoms with Crippen LogP contribution in [0.5, 0.6) is 0 Å². The van der Waals surface area contributed by atoms with Gasteiger partial charge in [0, 0.05) is 21.1 Å². The van der Waals surface area contributed by atoms with Crippen LogP contribution in [0.4, 0.5) is 5.82 Å². The van der Waals surface area contributed by atoms with Gasteiger partial charge in [0.25, 0.3) is 5.56 Å². The molecule has 1 rings (SSSR count). The van der Waals surface area contributed by atoms with Gasteiger partial charge in [-0.1, -0.05) is 0 Å². The lowest BCUT2D eigenvalue weighted by atomic mass is 10.3. The molecule has 8 heteroatoms. The summed E-state index contributed by atoms with van der Waals surface area (Å²) in [5.74, 6) is -1.16. The molecule has 1 atom stereocenters. The fraction of sp³-hybridized carbons (Fsp3) is 0.556. The first-order valence-electron chi connectivity index (χ1n) is 4.87. The van der Waals surface area contributed by atoms with E-state index in [4.69, 9.17) is 5.11 Å². The molecule has 94 valence electrons. The summed E-state index contributed by atoms with van der Waals surface area (Å²) in [4.78, 5) is 35.2. The maximum Gasteiger partial charge on any atom is 0.346 e. The van der Waals surface area contributed by atoms with Gasteiger partial charge in [0.05, 0.1) is 0 Å². The molecule has 1 unspecified atom stereocenters. The lowest BCUT2D eigenvalue weighted by Gasteiger charge is -2.22. The average Bonchev–Trinajstić information content (AvgIpc) is 2.29. The quantitative estimate of drug-likeness (QED) is 0.684. The summed E-state index contributed by atoms with van der Waals surface area (Å²) in [7, 11) is 4.15. The standard InChI is InChI=1S/C9H14N4O4/c1-5(8(15)16)11(2)6-7(14)12(3)9(17)13(4)10-6/h5H,1-4H3,(H,15,16). The van der Waals surface area contributed by atoms with Crippen LogP contribution >= 0.6 is 0 Å². The Morgan fingerprint density at radius 2 is 1.94 bits per heavy atom. The predicted molar refractivity (Wildman–Crippen MR) is 60.2 cm³/mol. The van der Waals surface area contributed by atoms with Crippen molar-refractivity contribution in [1.29, 1.82) is 0 Å². The van der Waals surface area contributed by atoms with Crippen molar-refractivity contribution in [1.82, 2.24) is 14.3 Å². The molecule has 8 nitrogen and oxygen atoms in total. The third kappa shape index (κ3) is 2.19. The Balaban J connectivity index is 3.39. The van der Waals surface area contributed by atoms with Crippen molar-refractivity contribution in [3.05, 3.63) is 20.8 Å². The third-order valence-electron chi connectivity index (χ3n) is 2.58. The van der Waals surface area contributed by atoms with Crippen LogP contribution < -0.4 is 16.1 Å². The van der Waals surface area contributed by atoms with Gasteiger partial charge in [0.2, 0.25) is 5.82 Å². The summed E-state index contributed by atoms with van der Waals surface area (Å²) in [6.45, 7) is 1.43. The highest BCUT2D eigenvalue weighted by Gasteiger charge is 2.22. The van der Waals surface area contributed by atoms with Crippen molar-refractivity contribution in [3.8, 4) is 0 Å². The smallest absolute Gasteiger partial charge is 0.346 e. The zero-order chi connectivity index (χ0) is 13.3. The normalized spacial score (nSPS) is 12.2. The number of aromatic nitrogens is 3. The zero-order valence-corrected chi connectivity index (χ0v) is 10.0. The van der Waals surface area contributed by atoms with Gasteiger partial charge in [-0.2, -0.15) is 0 Å². The average molecular weight is 242 g/mol. The molecule has 0 aliphatic carbocycles. The Labute approximate surface area is 96.7 Å². The summed E-state index contributed by atoms with van der Waals surface area (Å²) in [5.41, 5.74) is -1.18. The maximum absolute atomic E-state index is 11.8. The zero-order valence-electron chi connectivity index (χ0n) is 10.0. The number of aliphatic carboxylic acids is 1. The molecule has 1 N–H and O–H groups in total. The minimum Gasteiger partial charge on any atom is -0.480 e. The van der Waals surface area contributed by atoms with Gasteiger partial charge in [0.1, 0.15) is 6.04 Å². The number of nitrogens with zero attached hydrogens (tertiary/aromatic N) is 4. The van der Waals surface area contributed by atoms with Gasteiger partial charge in [-0.15, -0.1) is 5.10 Å². The van der Waals surface area contributed by atoms with Crippen molar-refractivity contribution < 1.29 is 9.90 Å². The van der Waals surface area contributed by atoms with Gasteiger partial charge in [-0.05, 0) is 6.92 Å². The second kappa shape index (κ2) is 4.40. The molecule has 1 aromatic heterocycles. The summed E-state index contributed by atoms with van der Waals surface area (Å²) in [5, 5.41) is 12.6. The highest BCUT2D eigenvalue weighted by molar-refractivity contribution is 5.76. The molecule has 0 aliphatic heterocycles. The Bertz CT molecular complexity index is 559. The maximum atomic E-state index is 11.8. The van der Waals surface area contributed by atoms with Crippen LogP contribution in [0.3, 0.4) is 0 Å². The van der Waals surface area contributed by atoms with Gasteiger partial charge in [0.15, 0.2) is 0 Å². The largest absolute Gasteiger partial charge is 0.480 e. The van der Waals surface area contributed by atoms with E-state index in [2.05, 4.69) is 5.10 Å². The third-order valence-corrected chi connectivity index (χ3v) is 2.58. The monoisotopic (exact) mass is 242 g/mol. The minimum absolute atomic E-state index is 0.0792. The first-order chi connectivity index (χ1) is 7.77. The molecule has 0 bridgehead atoms. The number of rotatable bonds is 3. The number of carboxylic acids is 1. The van der Waals surface area contributed by atoms with E-state index in [-0.39, 0.29) is 5.82 Å². The number of hydrogen-bond donors (Lipinski definition) is 1. The summed E-state index contributed by atoms with van der Waals surface area (Å²) >= 11 is 0. The second-order valence-corrected chi connectivity index (χ2v) is 3.72. The van der Waals surface area contributed by atoms with Gasteiger partial charge >= 0.3 is 11.7 Å². The fourth-order valence-corrected chi connectivity index (χ4v) is 1.25.